The maximum Gasteiger partial charge on any atom is 0.120 e. The quantitative estimate of drug-likeness (QED) is 0.710. The SMILES string of the molecule is CC(C)(Oc1ccc(N2CCCCC2)cc1)[C@H]1CC[C@@H](C)CC1. The number of piperidine rings is 1. The van der Waals surface area contributed by atoms with Crippen LogP contribution in [-0.4, -0.2) is 18.7 Å². The van der Waals surface area contributed by atoms with Gasteiger partial charge in [0.25, 0.3) is 0 Å². The molecule has 1 heterocycles. The standard InChI is InChI=1S/C21H33NO/c1-17-7-9-18(10-8-17)21(2,3)23-20-13-11-19(12-14-20)22-15-5-4-6-16-22/h11-14,17-18H,4-10,15-16H2,1-3H3/t17-,18+. The smallest absolute Gasteiger partial charge is 0.120 e. The predicted octanol–water partition coefficient (Wildman–Crippen LogP) is 5.66. The van der Waals surface area contributed by atoms with Crippen LogP contribution in [0.15, 0.2) is 24.3 Å². The van der Waals surface area contributed by atoms with Gasteiger partial charge in [-0.15, -0.1) is 0 Å². The van der Waals surface area contributed by atoms with E-state index in [0.29, 0.717) is 5.92 Å². The minimum absolute atomic E-state index is 0.0627. The summed E-state index contributed by atoms with van der Waals surface area (Å²) < 4.78 is 6.40. The van der Waals surface area contributed by atoms with Crippen molar-refractivity contribution in [2.75, 3.05) is 18.0 Å². The third-order valence-electron chi connectivity index (χ3n) is 5.94. The van der Waals surface area contributed by atoms with E-state index in [2.05, 4.69) is 49.9 Å². The summed E-state index contributed by atoms with van der Waals surface area (Å²) in [6, 6.07) is 8.80. The minimum Gasteiger partial charge on any atom is -0.488 e. The Hall–Kier alpha value is -1.18. The van der Waals surface area contributed by atoms with Gasteiger partial charge >= 0.3 is 0 Å². The van der Waals surface area contributed by atoms with Crippen LogP contribution in [0.25, 0.3) is 0 Å². The average Bonchev–Trinajstić information content (AvgIpc) is 2.56. The molecule has 1 aliphatic carbocycles. The second-order valence-corrected chi connectivity index (χ2v) is 8.20. The molecule has 0 radical (unpaired) electrons. The van der Waals surface area contributed by atoms with Crippen molar-refractivity contribution in [3.05, 3.63) is 24.3 Å². The van der Waals surface area contributed by atoms with Crippen LogP contribution in [0.5, 0.6) is 5.75 Å². The second kappa shape index (κ2) is 7.15. The summed E-state index contributed by atoms with van der Waals surface area (Å²) in [4.78, 5) is 2.50. The summed E-state index contributed by atoms with van der Waals surface area (Å²) in [5, 5.41) is 0. The molecule has 2 heteroatoms. The van der Waals surface area contributed by atoms with Crippen molar-refractivity contribution in [2.45, 2.75) is 71.3 Å². The maximum absolute atomic E-state index is 6.40. The molecule has 23 heavy (non-hydrogen) atoms. The Morgan fingerprint density at radius 1 is 0.913 bits per heavy atom. The highest BCUT2D eigenvalue weighted by Gasteiger charge is 2.34. The van der Waals surface area contributed by atoms with Gasteiger partial charge < -0.3 is 9.64 Å². The molecule has 1 saturated heterocycles. The normalized spacial score (nSPS) is 26.1. The van der Waals surface area contributed by atoms with Gasteiger partial charge in [0.15, 0.2) is 0 Å². The van der Waals surface area contributed by atoms with Gasteiger partial charge in [-0.3, -0.25) is 0 Å². The van der Waals surface area contributed by atoms with Crippen molar-refractivity contribution in [1.29, 1.82) is 0 Å². The van der Waals surface area contributed by atoms with Gasteiger partial charge in [-0.25, -0.2) is 0 Å². The Labute approximate surface area is 142 Å². The van der Waals surface area contributed by atoms with E-state index in [9.17, 15) is 0 Å². The Bertz CT molecular complexity index is 479. The fourth-order valence-electron chi connectivity index (χ4n) is 4.22. The molecular formula is C21H33NO. The molecule has 0 unspecified atom stereocenters. The summed E-state index contributed by atoms with van der Waals surface area (Å²) in [5.41, 5.74) is 1.29. The molecule has 0 aromatic heterocycles. The zero-order valence-electron chi connectivity index (χ0n) is 15.2. The number of benzene rings is 1. The van der Waals surface area contributed by atoms with Gasteiger partial charge in [0, 0.05) is 18.8 Å². The number of hydrogen-bond donors (Lipinski definition) is 0. The fraction of sp³-hybridized carbons (Fsp3) is 0.714. The van der Waals surface area contributed by atoms with E-state index in [-0.39, 0.29) is 5.60 Å². The summed E-state index contributed by atoms with van der Waals surface area (Å²) >= 11 is 0. The van der Waals surface area contributed by atoms with Crippen molar-refractivity contribution >= 4 is 5.69 Å². The van der Waals surface area contributed by atoms with Crippen molar-refractivity contribution < 1.29 is 4.74 Å². The minimum atomic E-state index is -0.0627. The lowest BCUT2D eigenvalue weighted by Gasteiger charge is -2.39. The monoisotopic (exact) mass is 315 g/mol. The lowest BCUT2D eigenvalue weighted by atomic mass is 9.75. The van der Waals surface area contributed by atoms with E-state index >= 15 is 0 Å². The van der Waals surface area contributed by atoms with E-state index in [4.69, 9.17) is 4.74 Å². The molecule has 0 bridgehead atoms. The van der Waals surface area contributed by atoms with Crippen molar-refractivity contribution in [2.24, 2.45) is 11.8 Å². The topological polar surface area (TPSA) is 12.5 Å². The van der Waals surface area contributed by atoms with Crippen LogP contribution in [0.4, 0.5) is 5.69 Å². The first kappa shape index (κ1) is 16.7. The Kier molecular flexibility index (Phi) is 5.18. The van der Waals surface area contributed by atoms with E-state index < -0.39 is 0 Å². The first-order chi connectivity index (χ1) is 11.0. The first-order valence-corrected chi connectivity index (χ1v) is 9.58. The first-order valence-electron chi connectivity index (χ1n) is 9.58. The molecule has 1 aliphatic heterocycles. The van der Waals surface area contributed by atoms with Gasteiger partial charge in [0.05, 0.1) is 0 Å². The third kappa shape index (κ3) is 4.22. The van der Waals surface area contributed by atoms with Crippen LogP contribution in [-0.2, 0) is 0 Å². The molecule has 2 aliphatic rings. The molecule has 0 amide bonds. The van der Waals surface area contributed by atoms with Crippen molar-refractivity contribution in [3.8, 4) is 5.75 Å². The average molecular weight is 316 g/mol. The molecule has 0 atom stereocenters. The zero-order valence-corrected chi connectivity index (χ0v) is 15.2. The highest BCUT2D eigenvalue weighted by molar-refractivity contribution is 5.49. The van der Waals surface area contributed by atoms with E-state index in [0.717, 1.165) is 11.7 Å². The number of hydrogen-bond acceptors (Lipinski definition) is 2. The van der Waals surface area contributed by atoms with Gasteiger partial charge in [-0.2, -0.15) is 0 Å². The van der Waals surface area contributed by atoms with E-state index in [1.807, 2.05) is 0 Å². The molecule has 2 nitrogen and oxygen atoms in total. The summed E-state index contributed by atoms with van der Waals surface area (Å²) in [7, 11) is 0. The van der Waals surface area contributed by atoms with Crippen LogP contribution in [0.3, 0.4) is 0 Å². The van der Waals surface area contributed by atoms with E-state index in [1.165, 1.54) is 63.7 Å². The van der Waals surface area contributed by atoms with Gasteiger partial charge in [-0.05, 0) is 82.1 Å². The molecule has 0 spiro atoms. The number of anilines is 1. The van der Waals surface area contributed by atoms with Crippen LogP contribution in [0, 0.1) is 11.8 Å². The lowest BCUT2D eigenvalue weighted by Crippen LogP contribution is -2.39. The summed E-state index contributed by atoms with van der Waals surface area (Å²) in [5.74, 6) is 2.60. The molecule has 1 saturated carbocycles. The number of nitrogens with zero attached hydrogens (tertiary/aromatic N) is 1. The fourth-order valence-corrected chi connectivity index (χ4v) is 4.22. The Balaban J connectivity index is 1.60. The third-order valence-corrected chi connectivity index (χ3v) is 5.94. The van der Waals surface area contributed by atoms with Crippen molar-refractivity contribution in [1.82, 2.24) is 0 Å². The van der Waals surface area contributed by atoms with Crippen LogP contribution < -0.4 is 9.64 Å². The number of rotatable bonds is 4. The second-order valence-electron chi connectivity index (χ2n) is 8.20. The lowest BCUT2D eigenvalue weighted by molar-refractivity contribution is 0.0188. The highest BCUT2D eigenvalue weighted by atomic mass is 16.5. The van der Waals surface area contributed by atoms with E-state index in [1.54, 1.807) is 0 Å². The predicted molar refractivity (Wildman–Crippen MR) is 98.3 cm³/mol. The van der Waals surface area contributed by atoms with Crippen molar-refractivity contribution in [3.63, 3.8) is 0 Å². The summed E-state index contributed by atoms with van der Waals surface area (Å²) in [6.07, 6.45) is 9.35. The Morgan fingerprint density at radius 2 is 1.52 bits per heavy atom. The largest absolute Gasteiger partial charge is 0.488 e. The molecule has 1 aromatic rings. The number of ether oxygens (including phenoxy) is 1. The highest BCUT2D eigenvalue weighted by Crippen LogP contribution is 2.38. The van der Waals surface area contributed by atoms with Crippen LogP contribution >= 0.6 is 0 Å². The zero-order chi connectivity index (χ0) is 16.3. The molecule has 128 valence electrons. The van der Waals surface area contributed by atoms with Crippen LogP contribution in [0.1, 0.15) is 65.7 Å². The molecule has 2 fully saturated rings. The van der Waals surface area contributed by atoms with Gasteiger partial charge in [0.1, 0.15) is 11.4 Å². The Morgan fingerprint density at radius 3 is 2.13 bits per heavy atom. The maximum atomic E-state index is 6.40. The van der Waals surface area contributed by atoms with Crippen LogP contribution in [0.2, 0.25) is 0 Å². The molecule has 0 N–H and O–H groups in total. The summed E-state index contributed by atoms with van der Waals surface area (Å²) in [6.45, 7) is 9.32. The molecule has 1 aromatic carbocycles. The van der Waals surface area contributed by atoms with Gasteiger partial charge in [-0.1, -0.05) is 19.8 Å². The van der Waals surface area contributed by atoms with Gasteiger partial charge in [0.2, 0.25) is 0 Å². The molecular weight excluding hydrogens is 282 g/mol. The molecule has 3 rings (SSSR count).